The third-order valence-corrected chi connectivity index (χ3v) is 4.92. The van der Waals surface area contributed by atoms with Gasteiger partial charge >= 0.3 is 0 Å². The van der Waals surface area contributed by atoms with Crippen LogP contribution in [0.4, 0.5) is 11.6 Å². The number of rotatable bonds is 6. The zero-order valence-electron chi connectivity index (χ0n) is 12.9. The minimum absolute atomic E-state index is 0.732. The number of hydrogen-bond donors (Lipinski definition) is 1. The van der Waals surface area contributed by atoms with Gasteiger partial charge in [-0.2, -0.15) is 11.8 Å². The van der Waals surface area contributed by atoms with Gasteiger partial charge in [0.15, 0.2) is 0 Å². The summed E-state index contributed by atoms with van der Waals surface area (Å²) in [6, 6.07) is 2.11. The molecule has 5 heteroatoms. The second-order valence-electron chi connectivity index (χ2n) is 5.16. The van der Waals surface area contributed by atoms with Gasteiger partial charge in [-0.3, -0.25) is 0 Å². The van der Waals surface area contributed by atoms with E-state index in [1.807, 2.05) is 0 Å². The van der Waals surface area contributed by atoms with E-state index in [-0.39, 0.29) is 0 Å². The zero-order chi connectivity index (χ0) is 14.4. The van der Waals surface area contributed by atoms with Crippen LogP contribution < -0.4 is 10.2 Å². The van der Waals surface area contributed by atoms with Crippen LogP contribution in [-0.2, 0) is 6.42 Å². The van der Waals surface area contributed by atoms with Gasteiger partial charge in [0.25, 0.3) is 0 Å². The number of anilines is 2. The Morgan fingerprint density at radius 3 is 2.90 bits per heavy atom. The monoisotopic (exact) mass is 294 g/mol. The summed E-state index contributed by atoms with van der Waals surface area (Å²) in [5.41, 5.74) is 0. The van der Waals surface area contributed by atoms with E-state index in [1.54, 1.807) is 0 Å². The highest BCUT2D eigenvalue weighted by atomic mass is 32.2. The molecule has 1 aliphatic heterocycles. The summed E-state index contributed by atoms with van der Waals surface area (Å²) in [5.74, 6) is 4.20. The van der Waals surface area contributed by atoms with E-state index < -0.39 is 0 Å². The van der Waals surface area contributed by atoms with E-state index >= 15 is 0 Å². The molecule has 2 rings (SSSR count). The van der Waals surface area contributed by atoms with Gasteiger partial charge in [0, 0.05) is 43.1 Å². The molecule has 0 amide bonds. The molecule has 1 fully saturated rings. The summed E-state index contributed by atoms with van der Waals surface area (Å²) in [7, 11) is 0. The number of nitrogens with one attached hydrogen (secondary N) is 1. The molecule has 4 nitrogen and oxygen atoms in total. The quantitative estimate of drug-likeness (QED) is 0.872. The predicted octanol–water partition coefficient (Wildman–Crippen LogP) is 3.19. The van der Waals surface area contributed by atoms with Gasteiger partial charge in [0.05, 0.1) is 0 Å². The molecule has 1 aromatic rings. The highest BCUT2D eigenvalue weighted by molar-refractivity contribution is 8.00. The molecule has 0 aliphatic carbocycles. The van der Waals surface area contributed by atoms with E-state index in [0.29, 0.717) is 0 Å². The summed E-state index contributed by atoms with van der Waals surface area (Å²) in [4.78, 5) is 11.7. The van der Waals surface area contributed by atoms with Gasteiger partial charge in [-0.05, 0) is 12.8 Å². The van der Waals surface area contributed by atoms with Crippen molar-refractivity contribution in [2.45, 2.75) is 45.3 Å². The van der Waals surface area contributed by atoms with E-state index in [9.17, 15) is 0 Å². The fraction of sp³-hybridized carbons (Fsp3) is 0.733. The molecule has 0 spiro atoms. The summed E-state index contributed by atoms with van der Waals surface area (Å²) in [5, 5.41) is 4.12. The van der Waals surface area contributed by atoms with Crippen molar-refractivity contribution < 1.29 is 0 Å². The molecule has 1 aromatic heterocycles. The highest BCUT2D eigenvalue weighted by Crippen LogP contribution is 2.25. The van der Waals surface area contributed by atoms with Gasteiger partial charge in [-0.15, -0.1) is 0 Å². The third kappa shape index (κ3) is 4.01. The van der Waals surface area contributed by atoms with Crippen LogP contribution in [0.5, 0.6) is 0 Å². The second-order valence-corrected chi connectivity index (χ2v) is 6.56. The molecule has 1 aliphatic rings. The number of hydrogen-bond acceptors (Lipinski definition) is 5. The maximum absolute atomic E-state index is 4.72. The molecule has 112 valence electrons. The average molecular weight is 294 g/mol. The minimum atomic E-state index is 0.732. The van der Waals surface area contributed by atoms with E-state index in [1.165, 1.54) is 12.2 Å². The Morgan fingerprint density at radius 1 is 1.35 bits per heavy atom. The first-order valence-electron chi connectivity index (χ1n) is 7.75. The molecule has 1 atom stereocenters. The first kappa shape index (κ1) is 15.4. The fourth-order valence-electron chi connectivity index (χ4n) is 2.32. The van der Waals surface area contributed by atoms with Gasteiger partial charge in [-0.25, -0.2) is 9.97 Å². The smallest absolute Gasteiger partial charge is 0.134 e. The van der Waals surface area contributed by atoms with Crippen molar-refractivity contribution in [1.82, 2.24) is 9.97 Å². The van der Waals surface area contributed by atoms with Crippen LogP contribution in [0.1, 0.15) is 39.4 Å². The number of aryl methyl sites for hydroxylation is 1. The summed E-state index contributed by atoms with van der Waals surface area (Å²) in [6.45, 7) is 9.72. The summed E-state index contributed by atoms with van der Waals surface area (Å²) in [6.07, 6.45) is 3.22. The zero-order valence-corrected chi connectivity index (χ0v) is 13.7. The van der Waals surface area contributed by atoms with Crippen LogP contribution in [0.25, 0.3) is 0 Å². The van der Waals surface area contributed by atoms with Crippen LogP contribution in [0, 0.1) is 0 Å². The average Bonchev–Trinajstić information content (AvgIpc) is 2.52. The van der Waals surface area contributed by atoms with Crippen molar-refractivity contribution in [3.8, 4) is 0 Å². The van der Waals surface area contributed by atoms with Crippen LogP contribution in [0.3, 0.4) is 0 Å². The number of aromatic nitrogens is 2. The summed E-state index contributed by atoms with van der Waals surface area (Å²) < 4.78 is 0. The largest absolute Gasteiger partial charge is 0.370 e. The lowest BCUT2D eigenvalue weighted by atomic mass is 10.3. The Bertz CT molecular complexity index is 424. The fourth-order valence-corrected chi connectivity index (χ4v) is 3.50. The maximum Gasteiger partial charge on any atom is 0.134 e. The Balaban J connectivity index is 2.16. The lowest BCUT2D eigenvalue weighted by Gasteiger charge is -2.33. The Kier molecular flexibility index (Phi) is 5.95. The van der Waals surface area contributed by atoms with Crippen molar-refractivity contribution in [3.05, 3.63) is 11.9 Å². The minimum Gasteiger partial charge on any atom is -0.370 e. The van der Waals surface area contributed by atoms with Gasteiger partial charge in [-0.1, -0.05) is 20.8 Å². The molecule has 0 bridgehead atoms. The second kappa shape index (κ2) is 7.72. The summed E-state index contributed by atoms with van der Waals surface area (Å²) >= 11 is 2.09. The first-order valence-corrected chi connectivity index (χ1v) is 8.80. The molecule has 1 N–H and O–H groups in total. The SMILES string of the molecule is CCCNc1cc(N2CCSC(CC)C2)nc(CC)n1. The highest BCUT2D eigenvalue weighted by Gasteiger charge is 2.20. The molecular formula is C15H26N4S. The van der Waals surface area contributed by atoms with E-state index in [0.717, 1.165) is 55.2 Å². The standard InChI is InChI=1S/C15H26N4S/c1-4-7-16-14-10-15(18-13(6-3)17-14)19-8-9-20-12(5-2)11-19/h10,12H,4-9,11H2,1-3H3,(H,16,17,18). The predicted molar refractivity (Wildman–Crippen MR) is 88.9 cm³/mol. The Morgan fingerprint density at radius 2 is 2.20 bits per heavy atom. The van der Waals surface area contributed by atoms with E-state index in [2.05, 4.69) is 53.8 Å². The molecule has 0 saturated carbocycles. The van der Waals surface area contributed by atoms with Gasteiger partial charge in [0.1, 0.15) is 17.5 Å². The van der Waals surface area contributed by atoms with Crippen molar-refractivity contribution in [2.75, 3.05) is 35.6 Å². The van der Waals surface area contributed by atoms with Crippen LogP contribution >= 0.6 is 11.8 Å². The first-order chi connectivity index (χ1) is 9.76. The van der Waals surface area contributed by atoms with Crippen molar-refractivity contribution in [3.63, 3.8) is 0 Å². The van der Waals surface area contributed by atoms with Gasteiger partial charge in [0.2, 0.25) is 0 Å². The molecule has 0 radical (unpaired) electrons. The Labute approximate surface area is 126 Å². The van der Waals surface area contributed by atoms with Crippen molar-refractivity contribution in [2.24, 2.45) is 0 Å². The van der Waals surface area contributed by atoms with Crippen LogP contribution in [0.15, 0.2) is 6.07 Å². The van der Waals surface area contributed by atoms with Crippen LogP contribution in [0.2, 0.25) is 0 Å². The number of nitrogens with zero attached hydrogens (tertiary/aromatic N) is 3. The third-order valence-electron chi connectivity index (χ3n) is 3.55. The lowest BCUT2D eigenvalue weighted by molar-refractivity contribution is 0.715. The molecule has 2 heterocycles. The lowest BCUT2D eigenvalue weighted by Crippen LogP contribution is -2.38. The van der Waals surface area contributed by atoms with Gasteiger partial charge < -0.3 is 10.2 Å². The maximum atomic E-state index is 4.72. The molecule has 1 unspecified atom stereocenters. The van der Waals surface area contributed by atoms with Crippen LogP contribution in [-0.4, -0.2) is 40.6 Å². The molecule has 1 saturated heterocycles. The van der Waals surface area contributed by atoms with E-state index in [4.69, 9.17) is 4.98 Å². The van der Waals surface area contributed by atoms with Crippen molar-refractivity contribution in [1.29, 1.82) is 0 Å². The van der Waals surface area contributed by atoms with Crippen molar-refractivity contribution >= 4 is 23.4 Å². The molecular weight excluding hydrogens is 268 g/mol. The topological polar surface area (TPSA) is 41.0 Å². The molecule has 0 aromatic carbocycles. The molecule has 20 heavy (non-hydrogen) atoms. The Hall–Kier alpha value is -0.970. The normalized spacial score (nSPS) is 19.1. The number of thioether (sulfide) groups is 1.